The summed E-state index contributed by atoms with van der Waals surface area (Å²) in [7, 11) is 0. The SMILES string of the molecule is C[C@H](O)CC(=O)O.[NaH].[NaH]. The number of carboxylic acid groups (broad SMARTS) is 1. The van der Waals surface area contributed by atoms with Crippen molar-refractivity contribution in [2.45, 2.75) is 19.4 Å². The van der Waals surface area contributed by atoms with E-state index in [1.165, 1.54) is 6.92 Å². The Labute approximate surface area is 98.4 Å². The van der Waals surface area contributed by atoms with Crippen LogP contribution in [-0.4, -0.2) is 81.4 Å². The Bertz CT molecular complexity index is 74.2. The van der Waals surface area contributed by atoms with Gasteiger partial charge in [-0.1, -0.05) is 0 Å². The van der Waals surface area contributed by atoms with Crippen molar-refractivity contribution in [1.29, 1.82) is 0 Å². The molecule has 9 heavy (non-hydrogen) atoms. The first-order valence-corrected chi connectivity index (χ1v) is 2.03. The number of rotatable bonds is 2. The second-order valence-corrected chi connectivity index (χ2v) is 1.45. The zero-order valence-electron chi connectivity index (χ0n) is 4.09. The van der Waals surface area contributed by atoms with E-state index in [1.807, 2.05) is 0 Å². The number of aliphatic carboxylic acids is 1. The molecule has 0 rings (SSSR count). The Morgan fingerprint density at radius 3 is 1.89 bits per heavy atom. The van der Waals surface area contributed by atoms with Crippen LogP contribution in [0, 0.1) is 0 Å². The minimum atomic E-state index is -0.963. The molecule has 2 N–H and O–H groups in total. The first-order chi connectivity index (χ1) is 3.13. The van der Waals surface area contributed by atoms with Gasteiger partial charge in [0.1, 0.15) is 0 Å². The van der Waals surface area contributed by atoms with Gasteiger partial charge >= 0.3 is 65.1 Å². The first-order valence-electron chi connectivity index (χ1n) is 2.03. The standard InChI is InChI=1S/C4H8O3.2Na.2H/c1-3(5)2-4(6)7;;;;/h3,5H,2H2,1H3,(H,6,7);;;;/t3-;;;;/m0..../s1. The molecule has 5 heteroatoms. The van der Waals surface area contributed by atoms with Crippen molar-refractivity contribution in [3.63, 3.8) is 0 Å². The summed E-state index contributed by atoms with van der Waals surface area (Å²) < 4.78 is 0. The Hall–Kier alpha value is 1.43. The Balaban J connectivity index is -0.000000180. The van der Waals surface area contributed by atoms with Crippen LogP contribution in [-0.2, 0) is 4.79 Å². The van der Waals surface area contributed by atoms with Crippen molar-refractivity contribution in [1.82, 2.24) is 0 Å². The predicted molar refractivity (Wildman–Crippen MR) is 38.2 cm³/mol. The van der Waals surface area contributed by atoms with Crippen LogP contribution in [0.4, 0.5) is 0 Å². The van der Waals surface area contributed by atoms with Gasteiger partial charge in [0.15, 0.2) is 0 Å². The monoisotopic (exact) mass is 152 g/mol. The summed E-state index contributed by atoms with van der Waals surface area (Å²) in [5.74, 6) is -0.963. The van der Waals surface area contributed by atoms with E-state index in [9.17, 15) is 4.79 Å². The molecular formula is C4H10Na2O3. The van der Waals surface area contributed by atoms with Crippen LogP contribution in [0.3, 0.4) is 0 Å². The summed E-state index contributed by atoms with van der Waals surface area (Å²) >= 11 is 0. The van der Waals surface area contributed by atoms with Gasteiger partial charge in [-0.3, -0.25) is 4.79 Å². The zero-order valence-corrected chi connectivity index (χ0v) is 4.09. The quantitative estimate of drug-likeness (QED) is 0.476. The fourth-order valence-corrected chi connectivity index (χ4v) is 0.253. The maximum absolute atomic E-state index is 9.65. The van der Waals surface area contributed by atoms with Gasteiger partial charge in [-0.05, 0) is 6.92 Å². The third kappa shape index (κ3) is 17.7. The average molecular weight is 152 g/mol. The summed E-state index contributed by atoms with van der Waals surface area (Å²) in [5, 5.41) is 16.3. The fourth-order valence-electron chi connectivity index (χ4n) is 0.253. The zero-order chi connectivity index (χ0) is 5.86. The van der Waals surface area contributed by atoms with Crippen molar-refractivity contribution in [2.75, 3.05) is 0 Å². The van der Waals surface area contributed by atoms with Gasteiger partial charge in [-0.15, -0.1) is 0 Å². The van der Waals surface area contributed by atoms with Crippen LogP contribution in [0.1, 0.15) is 13.3 Å². The summed E-state index contributed by atoms with van der Waals surface area (Å²) in [6, 6.07) is 0. The summed E-state index contributed by atoms with van der Waals surface area (Å²) in [6.45, 7) is 1.44. The van der Waals surface area contributed by atoms with Gasteiger partial charge in [0.05, 0.1) is 12.5 Å². The molecule has 0 fully saturated rings. The topological polar surface area (TPSA) is 57.5 Å². The van der Waals surface area contributed by atoms with Gasteiger partial charge in [-0.2, -0.15) is 0 Å². The molecule has 0 amide bonds. The van der Waals surface area contributed by atoms with Crippen molar-refractivity contribution >= 4 is 65.1 Å². The summed E-state index contributed by atoms with van der Waals surface area (Å²) in [5.41, 5.74) is 0. The molecule has 0 spiro atoms. The van der Waals surface area contributed by atoms with Gasteiger partial charge in [0.25, 0.3) is 0 Å². The van der Waals surface area contributed by atoms with Gasteiger partial charge < -0.3 is 10.2 Å². The van der Waals surface area contributed by atoms with Crippen LogP contribution in [0.5, 0.6) is 0 Å². The van der Waals surface area contributed by atoms with Crippen molar-refractivity contribution in [2.24, 2.45) is 0 Å². The van der Waals surface area contributed by atoms with E-state index in [1.54, 1.807) is 0 Å². The van der Waals surface area contributed by atoms with E-state index in [0.29, 0.717) is 0 Å². The molecule has 0 bridgehead atoms. The van der Waals surface area contributed by atoms with Crippen LogP contribution in [0.2, 0.25) is 0 Å². The fraction of sp³-hybridized carbons (Fsp3) is 0.750. The summed E-state index contributed by atoms with van der Waals surface area (Å²) in [6.07, 6.45) is -0.891. The minimum absolute atomic E-state index is 0. The molecule has 0 radical (unpaired) electrons. The maximum atomic E-state index is 9.65. The van der Waals surface area contributed by atoms with Gasteiger partial charge in [0.2, 0.25) is 0 Å². The number of aliphatic hydroxyl groups excluding tert-OH is 1. The molecule has 46 valence electrons. The predicted octanol–water partition coefficient (Wildman–Crippen LogP) is -1.46. The van der Waals surface area contributed by atoms with E-state index in [2.05, 4.69) is 0 Å². The van der Waals surface area contributed by atoms with E-state index < -0.39 is 12.1 Å². The first kappa shape index (κ1) is 16.8. The van der Waals surface area contributed by atoms with Crippen molar-refractivity contribution < 1.29 is 15.0 Å². The molecule has 0 aliphatic carbocycles. The molecule has 0 aromatic carbocycles. The van der Waals surface area contributed by atoms with Crippen LogP contribution >= 0.6 is 0 Å². The number of hydrogen-bond acceptors (Lipinski definition) is 2. The Morgan fingerprint density at radius 2 is 1.89 bits per heavy atom. The number of carbonyl (C=O) groups is 1. The average Bonchev–Trinajstić information content (AvgIpc) is 1.27. The van der Waals surface area contributed by atoms with Crippen molar-refractivity contribution in [3.8, 4) is 0 Å². The molecule has 0 heterocycles. The molecule has 0 saturated carbocycles. The molecule has 0 aromatic rings. The van der Waals surface area contributed by atoms with E-state index in [-0.39, 0.29) is 65.5 Å². The third-order valence-corrected chi connectivity index (χ3v) is 0.470. The molecule has 0 unspecified atom stereocenters. The molecule has 1 atom stereocenters. The Kier molecular flexibility index (Phi) is 17.6. The molecule has 3 nitrogen and oxygen atoms in total. The number of hydrogen-bond donors (Lipinski definition) is 2. The molecule has 0 aromatic heterocycles. The van der Waals surface area contributed by atoms with Crippen LogP contribution < -0.4 is 0 Å². The molecule has 0 aliphatic rings. The van der Waals surface area contributed by atoms with Gasteiger partial charge in [-0.25, -0.2) is 0 Å². The van der Waals surface area contributed by atoms with Crippen LogP contribution in [0.15, 0.2) is 0 Å². The van der Waals surface area contributed by atoms with Gasteiger partial charge in [0, 0.05) is 0 Å². The van der Waals surface area contributed by atoms with Crippen LogP contribution in [0.25, 0.3) is 0 Å². The number of aliphatic hydroxyl groups is 1. The second kappa shape index (κ2) is 9.43. The third-order valence-electron chi connectivity index (χ3n) is 0.470. The molecule has 0 saturated heterocycles. The van der Waals surface area contributed by atoms with Crippen molar-refractivity contribution in [3.05, 3.63) is 0 Å². The second-order valence-electron chi connectivity index (χ2n) is 1.45. The van der Waals surface area contributed by atoms with E-state index in [0.717, 1.165) is 0 Å². The summed E-state index contributed by atoms with van der Waals surface area (Å²) in [4.78, 5) is 9.65. The molecule has 0 aliphatic heterocycles. The Morgan fingerprint density at radius 1 is 1.56 bits per heavy atom. The van der Waals surface area contributed by atoms with E-state index in [4.69, 9.17) is 10.2 Å². The number of carboxylic acids is 1. The normalized spacial score (nSPS) is 10.4. The molecular weight excluding hydrogens is 142 g/mol. The van der Waals surface area contributed by atoms with E-state index >= 15 is 0 Å².